The van der Waals surface area contributed by atoms with Crippen LogP contribution in [0.15, 0.2) is 44.5 Å². The number of hydrogen-bond acceptors (Lipinski definition) is 5. The molecular weight excluding hydrogens is 264 g/mol. The fraction of sp³-hybridized carbons (Fsp3) is 0.154. The van der Waals surface area contributed by atoms with Crippen LogP contribution in [0.3, 0.4) is 0 Å². The summed E-state index contributed by atoms with van der Waals surface area (Å²) in [5, 5.41) is 1.34. The molecule has 2 aromatic heterocycles. The average molecular weight is 274 g/mol. The Bertz CT molecular complexity index is 860. The first-order valence-electron chi connectivity index (χ1n) is 5.69. The summed E-state index contributed by atoms with van der Waals surface area (Å²) >= 11 is 1.51. The quantitative estimate of drug-likeness (QED) is 0.714. The zero-order chi connectivity index (χ0) is 13.4. The Morgan fingerprint density at radius 3 is 2.84 bits per heavy atom. The van der Waals surface area contributed by atoms with Crippen molar-refractivity contribution in [2.45, 2.75) is 13.5 Å². The Kier molecular flexibility index (Phi) is 2.79. The lowest BCUT2D eigenvalue weighted by Gasteiger charge is -2.06. The number of benzene rings is 1. The molecule has 3 aromatic rings. The molecule has 96 valence electrons. The molecule has 6 heteroatoms. The van der Waals surface area contributed by atoms with E-state index in [0.717, 1.165) is 9.88 Å². The molecule has 0 saturated carbocycles. The number of aromatic nitrogens is 2. The smallest absolute Gasteiger partial charge is 0.372 e. The molecule has 0 radical (unpaired) electrons. The number of nitrogens with zero attached hydrogens (tertiary/aromatic N) is 2. The standard InChI is InChI=1S/C13H10N2O3S/c1-8-14-6-9(19-8)7-15-11-5-3-2-4-10(11)12(16)18-13(15)17/h2-6H,7H2,1H3. The van der Waals surface area contributed by atoms with Crippen molar-refractivity contribution in [2.24, 2.45) is 0 Å². The van der Waals surface area contributed by atoms with Crippen molar-refractivity contribution < 1.29 is 4.42 Å². The van der Waals surface area contributed by atoms with E-state index >= 15 is 0 Å². The highest BCUT2D eigenvalue weighted by atomic mass is 32.1. The first-order valence-corrected chi connectivity index (χ1v) is 6.51. The predicted molar refractivity (Wildman–Crippen MR) is 72.7 cm³/mol. The highest BCUT2D eigenvalue weighted by molar-refractivity contribution is 7.11. The third-order valence-electron chi connectivity index (χ3n) is 2.80. The Balaban J connectivity index is 2.23. The van der Waals surface area contributed by atoms with E-state index in [0.29, 0.717) is 17.4 Å². The first kappa shape index (κ1) is 11.9. The van der Waals surface area contributed by atoms with Gasteiger partial charge in [0.2, 0.25) is 0 Å². The molecule has 0 bridgehead atoms. The van der Waals surface area contributed by atoms with Crippen molar-refractivity contribution in [3.8, 4) is 0 Å². The van der Waals surface area contributed by atoms with E-state index in [-0.39, 0.29) is 0 Å². The number of thiazole rings is 1. The van der Waals surface area contributed by atoms with E-state index in [2.05, 4.69) is 4.98 Å². The largest absolute Gasteiger partial charge is 0.422 e. The van der Waals surface area contributed by atoms with Gasteiger partial charge in [-0.25, -0.2) is 14.6 Å². The molecule has 0 spiro atoms. The fourth-order valence-corrected chi connectivity index (χ4v) is 2.74. The van der Waals surface area contributed by atoms with Gasteiger partial charge in [-0.3, -0.25) is 4.57 Å². The average Bonchev–Trinajstić information content (AvgIpc) is 2.80. The van der Waals surface area contributed by atoms with Gasteiger partial charge in [0.05, 0.1) is 22.5 Å². The van der Waals surface area contributed by atoms with Crippen molar-refractivity contribution in [1.29, 1.82) is 0 Å². The second-order valence-electron chi connectivity index (χ2n) is 4.10. The van der Waals surface area contributed by atoms with Gasteiger partial charge in [0.1, 0.15) is 0 Å². The van der Waals surface area contributed by atoms with E-state index < -0.39 is 11.4 Å². The Hall–Kier alpha value is -2.21. The Morgan fingerprint density at radius 2 is 2.11 bits per heavy atom. The lowest BCUT2D eigenvalue weighted by Crippen LogP contribution is -2.25. The zero-order valence-corrected chi connectivity index (χ0v) is 10.9. The molecule has 0 aliphatic heterocycles. The summed E-state index contributed by atoms with van der Waals surface area (Å²) in [5.74, 6) is -0.644. The van der Waals surface area contributed by atoms with Gasteiger partial charge in [-0.2, -0.15) is 0 Å². The molecule has 3 rings (SSSR count). The minimum Gasteiger partial charge on any atom is -0.372 e. The summed E-state index contributed by atoms with van der Waals surface area (Å²) < 4.78 is 6.18. The van der Waals surface area contributed by atoms with Crippen LogP contribution < -0.4 is 11.4 Å². The molecule has 2 heterocycles. The molecule has 19 heavy (non-hydrogen) atoms. The van der Waals surface area contributed by atoms with Crippen molar-refractivity contribution in [3.63, 3.8) is 0 Å². The van der Waals surface area contributed by atoms with E-state index in [4.69, 9.17) is 4.42 Å². The number of rotatable bonds is 2. The molecule has 0 atom stereocenters. The number of aryl methyl sites for hydroxylation is 1. The molecule has 0 amide bonds. The molecule has 5 nitrogen and oxygen atoms in total. The zero-order valence-electron chi connectivity index (χ0n) is 10.1. The predicted octanol–water partition coefficient (Wildman–Crippen LogP) is 1.77. The van der Waals surface area contributed by atoms with E-state index in [1.54, 1.807) is 30.5 Å². The third kappa shape index (κ3) is 2.10. The topological polar surface area (TPSA) is 65.1 Å². The summed E-state index contributed by atoms with van der Waals surface area (Å²) in [6.07, 6.45) is 1.73. The Labute approximate surface area is 111 Å². The van der Waals surface area contributed by atoms with Crippen LogP contribution in [0.1, 0.15) is 9.88 Å². The summed E-state index contributed by atoms with van der Waals surface area (Å²) in [5.41, 5.74) is -0.0212. The SMILES string of the molecule is Cc1ncc(Cn2c(=O)oc(=O)c3ccccc32)s1. The molecule has 0 saturated heterocycles. The molecule has 1 aromatic carbocycles. The van der Waals surface area contributed by atoms with Gasteiger partial charge in [-0.15, -0.1) is 11.3 Å². The van der Waals surface area contributed by atoms with Gasteiger partial charge in [-0.05, 0) is 19.1 Å². The summed E-state index contributed by atoms with van der Waals surface area (Å²) in [4.78, 5) is 28.6. The first-order chi connectivity index (χ1) is 9.15. The summed E-state index contributed by atoms with van der Waals surface area (Å²) in [7, 11) is 0. The normalized spacial score (nSPS) is 11.0. The molecule has 0 unspecified atom stereocenters. The maximum atomic E-state index is 11.8. The maximum Gasteiger partial charge on any atom is 0.422 e. The van der Waals surface area contributed by atoms with Gasteiger partial charge in [0.15, 0.2) is 0 Å². The van der Waals surface area contributed by atoms with Crippen LogP contribution in [-0.4, -0.2) is 9.55 Å². The highest BCUT2D eigenvalue weighted by Gasteiger charge is 2.10. The maximum absolute atomic E-state index is 11.8. The minimum absolute atomic E-state index is 0.356. The van der Waals surface area contributed by atoms with Gasteiger partial charge >= 0.3 is 11.4 Å². The number of fused-ring (bicyclic) bond motifs is 1. The Morgan fingerprint density at radius 1 is 1.32 bits per heavy atom. The van der Waals surface area contributed by atoms with Crippen molar-refractivity contribution in [2.75, 3.05) is 0 Å². The van der Waals surface area contributed by atoms with E-state index in [1.807, 2.05) is 6.92 Å². The van der Waals surface area contributed by atoms with Gasteiger partial charge in [0.25, 0.3) is 0 Å². The lowest BCUT2D eigenvalue weighted by molar-refractivity contribution is 0.425. The molecule has 0 N–H and O–H groups in total. The summed E-state index contributed by atoms with van der Waals surface area (Å²) in [6, 6.07) is 6.91. The van der Waals surface area contributed by atoms with E-state index in [9.17, 15) is 9.59 Å². The monoisotopic (exact) mass is 274 g/mol. The molecule has 0 fully saturated rings. The van der Waals surface area contributed by atoms with Crippen LogP contribution in [0, 0.1) is 6.92 Å². The molecule has 0 aliphatic carbocycles. The highest BCUT2D eigenvalue weighted by Crippen LogP contribution is 2.15. The third-order valence-corrected chi connectivity index (χ3v) is 3.70. The lowest BCUT2D eigenvalue weighted by atomic mass is 10.2. The minimum atomic E-state index is -0.644. The van der Waals surface area contributed by atoms with Gasteiger partial charge < -0.3 is 4.42 Å². The van der Waals surface area contributed by atoms with Crippen molar-refractivity contribution in [3.05, 3.63) is 61.3 Å². The van der Waals surface area contributed by atoms with Gasteiger partial charge in [-0.1, -0.05) is 12.1 Å². The van der Waals surface area contributed by atoms with Crippen LogP contribution >= 0.6 is 11.3 Å². The second kappa shape index (κ2) is 4.47. The van der Waals surface area contributed by atoms with Crippen LogP contribution in [0.25, 0.3) is 10.9 Å². The van der Waals surface area contributed by atoms with Crippen molar-refractivity contribution >= 4 is 22.2 Å². The molecule has 0 aliphatic rings. The van der Waals surface area contributed by atoms with Crippen LogP contribution in [0.4, 0.5) is 0 Å². The van der Waals surface area contributed by atoms with Crippen LogP contribution in [-0.2, 0) is 6.54 Å². The van der Waals surface area contributed by atoms with Gasteiger partial charge in [0, 0.05) is 11.1 Å². The fourth-order valence-electron chi connectivity index (χ4n) is 1.95. The second-order valence-corrected chi connectivity index (χ2v) is 5.42. The van der Waals surface area contributed by atoms with Crippen LogP contribution in [0.5, 0.6) is 0 Å². The van der Waals surface area contributed by atoms with Crippen molar-refractivity contribution in [1.82, 2.24) is 9.55 Å². The van der Waals surface area contributed by atoms with E-state index in [1.165, 1.54) is 15.9 Å². The van der Waals surface area contributed by atoms with Crippen LogP contribution in [0.2, 0.25) is 0 Å². The number of para-hydroxylation sites is 1. The molecular formula is C13H10N2O3S. The summed E-state index contributed by atoms with van der Waals surface area (Å²) in [6.45, 7) is 2.26. The number of hydrogen-bond donors (Lipinski definition) is 0.